The third-order valence-electron chi connectivity index (χ3n) is 8.60. The lowest BCUT2D eigenvalue weighted by atomic mass is 9.88. The Kier molecular flexibility index (Phi) is 8.34. The molecule has 2 saturated heterocycles. The van der Waals surface area contributed by atoms with Gasteiger partial charge in [0.2, 0.25) is 10.0 Å². The van der Waals surface area contributed by atoms with Gasteiger partial charge in [-0.3, -0.25) is 0 Å². The number of aliphatic hydroxyl groups excluding tert-OH is 1. The SMILES string of the molecule is O=S(=O)(CC1CC1)c1cccc(OCC(O)CNC2COC3(CCN(S(=O)(=O)c4ccc5ccccc5c4)CC3)C2)c1. The van der Waals surface area contributed by atoms with Crippen LogP contribution in [0.3, 0.4) is 0 Å². The van der Waals surface area contributed by atoms with Crippen LogP contribution in [0.4, 0.5) is 0 Å². The molecule has 2 unspecified atom stereocenters. The highest BCUT2D eigenvalue weighted by Crippen LogP contribution is 2.38. The van der Waals surface area contributed by atoms with E-state index in [1.54, 1.807) is 34.6 Å². The van der Waals surface area contributed by atoms with Gasteiger partial charge in [-0.15, -0.1) is 0 Å². The number of piperidine rings is 1. The van der Waals surface area contributed by atoms with E-state index in [4.69, 9.17) is 9.47 Å². The van der Waals surface area contributed by atoms with Gasteiger partial charge in [0.05, 0.1) is 27.8 Å². The molecule has 226 valence electrons. The van der Waals surface area contributed by atoms with Crippen LogP contribution < -0.4 is 10.1 Å². The molecule has 11 heteroatoms. The smallest absolute Gasteiger partial charge is 0.243 e. The van der Waals surface area contributed by atoms with Crippen molar-refractivity contribution in [2.45, 2.75) is 59.6 Å². The van der Waals surface area contributed by atoms with Crippen molar-refractivity contribution < 1.29 is 31.4 Å². The zero-order valence-electron chi connectivity index (χ0n) is 23.5. The number of nitrogens with zero attached hydrogens (tertiary/aromatic N) is 1. The molecule has 0 aromatic heterocycles. The van der Waals surface area contributed by atoms with Crippen molar-refractivity contribution in [3.8, 4) is 5.75 Å². The highest BCUT2D eigenvalue weighted by atomic mass is 32.2. The molecular formula is C31H38N2O7S2. The molecule has 3 aliphatic rings. The Morgan fingerprint density at radius 2 is 1.71 bits per heavy atom. The van der Waals surface area contributed by atoms with Crippen LogP contribution in [-0.2, 0) is 24.6 Å². The summed E-state index contributed by atoms with van der Waals surface area (Å²) in [5.41, 5.74) is -0.374. The average Bonchev–Trinajstić information content (AvgIpc) is 3.72. The Balaban J connectivity index is 0.962. The van der Waals surface area contributed by atoms with Crippen LogP contribution >= 0.6 is 0 Å². The van der Waals surface area contributed by atoms with Gasteiger partial charge in [0.1, 0.15) is 18.5 Å². The summed E-state index contributed by atoms with van der Waals surface area (Å²) < 4.78 is 65.3. The topological polar surface area (TPSA) is 122 Å². The molecule has 0 radical (unpaired) electrons. The van der Waals surface area contributed by atoms with Crippen molar-refractivity contribution in [1.82, 2.24) is 9.62 Å². The summed E-state index contributed by atoms with van der Waals surface area (Å²) in [6, 6.07) is 19.5. The predicted octanol–water partition coefficient (Wildman–Crippen LogP) is 3.37. The van der Waals surface area contributed by atoms with Crippen molar-refractivity contribution in [2.24, 2.45) is 5.92 Å². The molecule has 0 amide bonds. The zero-order chi connectivity index (χ0) is 29.4. The summed E-state index contributed by atoms with van der Waals surface area (Å²) >= 11 is 0. The summed E-state index contributed by atoms with van der Waals surface area (Å²) in [6.07, 6.45) is 3.11. The Morgan fingerprint density at radius 1 is 0.952 bits per heavy atom. The molecule has 2 N–H and O–H groups in total. The van der Waals surface area contributed by atoms with Crippen molar-refractivity contribution in [3.63, 3.8) is 0 Å². The minimum absolute atomic E-state index is 0.0272. The number of aliphatic hydroxyl groups is 1. The fourth-order valence-corrected chi connectivity index (χ4v) is 9.14. The molecular weight excluding hydrogens is 576 g/mol. The molecule has 6 rings (SSSR count). The second-order valence-corrected chi connectivity index (χ2v) is 15.9. The molecule has 2 aliphatic heterocycles. The van der Waals surface area contributed by atoms with E-state index >= 15 is 0 Å². The molecule has 9 nitrogen and oxygen atoms in total. The van der Waals surface area contributed by atoms with Crippen LogP contribution in [0, 0.1) is 5.92 Å². The average molecular weight is 615 g/mol. The molecule has 1 aliphatic carbocycles. The molecule has 2 atom stereocenters. The van der Waals surface area contributed by atoms with Crippen molar-refractivity contribution in [3.05, 3.63) is 66.7 Å². The first-order valence-electron chi connectivity index (χ1n) is 14.6. The number of sulfonamides is 1. The minimum atomic E-state index is -3.60. The number of nitrogens with one attached hydrogen (secondary N) is 1. The fraction of sp³-hybridized carbons (Fsp3) is 0.484. The van der Waals surface area contributed by atoms with Crippen molar-refractivity contribution >= 4 is 30.6 Å². The van der Waals surface area contributed by atoms with Gasteiger partial charge in [0, 0.05) is 25.7 Å². The monoisotopic (exact) mass is 614 g/mol. The number of sulfone groups is 1. The number of ether oxygens (including phenoxy) is 2. The van der Waals surface area contributed by atoms with E-state index in [9.17, 15) is 21.9 Å². The molecule has 2 heterocycles. The van der Waals surface area contributed by atoms with Gasteiger partial charge in [-0.2, -0.15) is 4.31 Å². The van der Waals surface area contributed by atoms with E-state index in [0.29, 0.717) is 49.7 Å². The van der Waals surface area contributed by atoms with Gasteiger partial charge in [-0.25, -0.2) is 16.8 Å². The standard InChI is InChI=1S/C31H38N2O7S2/c34-27(21-39-28-6-3-7-29(17-28)41(35,36)22-23-8-9-23)19-32-26-18-31(40-20-26)12-14-33(15-13-31)42(37,38)30-11-10-24-4-1-2-5-25(24)16-30/h1-7,10-11,16-17,23,26-27,32,34H,8-9,12-15,18-22H2. The van der Waals surface area contributed by atoms with Crippen molar-refractivity contribution in [2.75, 3.05) is 38.6 Å². The maximum Gasteiger partial charge on any atom is 0.243 e. The van der Waals surface area contributed by atoms with Crippen LogP contribution in [0.2, 0.25) is 0 Å². The highest BCUT2D eigenvalue weighted by Gasteiger charge is 2.44. The van der Waals surface area contributed by atoms with E-state index < -0.39 is 26.0 Å². The number of benzene rings is 3. The lowest BCUT2D eigenvalue weighted by Crippen LogP contribution is -2.47. The minimum Gasteiger partial charge on any atom is -0.491 e. The maximum atomic E-state index is 13.4. The second-order valence-electron chi connectivity index (χ2n) is 11.9. The van der Waals surface area contributed by atoms with Crippen LogP contribution in [0.25, 0.3) is 10.8 Å². The molecule has 1 spiro atoms. The summed E-state index contributed by atoms with van der Waals surface area (Å²) in [4.78, 5) is 0.566. The Labute approximate surface area is 247 Å². The second kappa shape index (κ2) is 11.9. The number of hydrogen-bond donors (Lipinski definition) is 2. The Morgan fingerprint density at radius 3 is 2.48 bits per heavy atom. The summed E-state index contributed by atoms with van der Waals surface area (Å²) in [7, 11) is -6.93. The van der Waals surface area contributed by atoms with Gasteiger partial charge >= 0.3 is 0 Å². The van der Waals surface area contributed by atoms with E-state index in [0.717, 1.165) is 30.0 Å². The molecule has 3 aromatic rings. The first-order valence-corrected chi connectivity index (χ1v) is 17.7. The summed E-state index contributed by atoms with van der Waals surface area (Å²) in [6.45, 7) is 1.61. The van der Waals surface area contributed by atoms with Crippen LogP contribution in [-0.4, -0.2) is 82.6 Å². The van der Waals surface area contributed by atoms with Crippen molar-refractivity contribution in [1.29, 1.82) is 0 Å². The maximum absolute atomic E-state index is 13.4. The van der Waals surface area contributed by atoms with Gasteiger partial charge in [0.25, 0.3) is 0 Å². The van der Waals surface area contributed by atoms with E-state index in [1.165, 1.54) is 6.07 Å². The van der Waals surface area contributed by atoms with Gasteiger partial charge < -0.3 is 19.9 Å². The number of hydrogen-bond acceptors (Lipinski definition) is 8. The van der Waals surface area contributed by atoms with E-state index in [1.807, 2.05) is 30.3 Å². The fourth-order valence-electron chi connectivity index (χ4n) is 5.94. The third kappa shape index (κ3) is 6.66. The normalized spacial score (nSPS) is 22.0. The molecule has 42 heavy (non-hydrogen) atoms. The van der Waals surface area contributed by atoms with Crippen LogP contribution in [0.1, 0.15) is 32.1 Å². The number of rotatable bonds is 11. The third-order valence-corrected chi connectivity index (χ3v) is 12.4. The largest absolute Gasteiger partial charge is 0.491 e. The van der Waals surface area contributed by atoms with E-state index in [2.05, 4.69) is 5.32 Å². The van der Waals surface area contributed by atoms with Gasteiger partial charge in [-0.1, -0.05) is 36.4 Å². The molecule has 3 fully saturated rings. The molecule has 3 aromatic carbocycles. The van der Waals surface area contributed by atoms with Gasteiger partial charge in [0.15, 0.2) is 9.84 Å². The Hall–Kier alpha value is -2.54. The molecule has 0 bridgehead atoms. The first-order chi connectivity index (χ1) is 20.1. The summed E-state index contributed by atoms with van der Waals surface area (Å²) in [5.74, 6) is 0.855. The highest BCUT2D eigenvalue weighted by molar-refractivity contribution is 7.91. The van der Waals surface area contributed by atoms with Crippen LogP contribution in [0.15, 0.2) is 76.5 Å². The Bertz CT molecular complexity index is 1630. The first kappa shape index (κ1) is 29.5. The van der Waals surface area contributed by atoms with Gasteiger partial charge in [-0.05, 0) is 79.1 Å². The van der Waals surface area contributed by atoms with E-state index in [-0.39, 0.29) is 34.8 Å². The lowest BCUT2D eigenvalue weighted by molar-refractivity contribution is -0.0312. The number of fused-ring (bicyclic) bond motifs is 1. The van der Waals surface area contributed by atoms with Crippen LogP contribution in [0.5, 0.6) is 5.75 Å². The lowest BCUT2D eigenvalue weighted by Gasteiger charge is -2.38. The summed E-state index contributed by atoms with van der Waals surface area (Å²) in [5, 5.41) is 15.8. The quantitative estimate of drug-likeness (QED) is 0.337. The molecule has 1 saturated carbocycles. The zero-order valence-corrected chi connectivity index (χ0v) is 25.2. The predicted molar refractivity (Wildman–Crippen MR) is 160 cm³/mol.